The van der Waals surface area contributed by atoms with E-state index in [1.165, 1.54) is 37.3 Å². The van der Waals surface area contributed by atoms with Crippen LogP contribution in [0.5, 0.6) is 11.5 Å². The van der Waals surface area contributed by atoms with Crippen molar-refractivity contribution >= 4 is 39.1 Å². The SMILES string of the molecule is COc1ccc(N(CC(=O)N(Cc2ccc(Cl)cc2)[C@H](Cc2ccccc2)C(=O)NCC(C)C)S(=O)(=O)c2ccc(C)cc2)cc1OC. The van der Waals surface area contributed by atoms with E-state index in [0.717, 1.165) is 21.0 Å². The van der Waals surface area contributed by atoms with Crippen LogP contribution >= 0.6 is 11.6 Å². The molecule has 48 heavy (non-hydrogen) atoms. The van der Waals surface area contributed by atoms with Crippen molar-refractivity contribution in [2.75, 3.05) is 31.6 Å². The largest absolute Gasteiger partial charge is 0.493 e. The number of rotatable bonds is 15. The Bertz CT molecular complexity index is 1780. The van der Waals surface area contributed by atoms with Crippen molar-refractivity contribution in [1.82, 2.24) is 10.2 Å². The molecule has 9 nitrogen and oxygen atoms in total. The highest BCUT2D eigenvalue weighted by Crippen LogP contribution is 2.34. The number of hydrogen-bond donors (Lipinski definition) is 1. The van der Waals surface area contributed by atoms with Gasteiger partial charge in [-0.25, -0.2) is 8.42 Å². The van der Waals surface area contributed by atoms with Crippen LogP contribution in [0.25, 0.3) is 0 Å². The monoisotopic (exact) mass is 691 g/mol. The molecule has 4 rings (SSSR count). The van der Waals surface area contributed by atoms with Gasteiger partial charge in [-0.05, 0) is 60.4 Å². The van der Waals surface area contributed by atoms with Crippen molar-refractivity contribution < 1.29 is 27.5 Å². The lowest BCUT2D eigenvalue weighted by molar-refractivity contribution is -0.140. The number of hydrogen-bond acceptors (Lipinski definition) is 6. The number of carbonyl (C=O) groups is 2. The Morgan fingerprint density at radius 2 is 1.48 bits per heavy atom. The summed E-state index contributed by atoms with van der Waals surface area (Å²) in [5, 5.41) is 3.51. The van der Waals surface area contributed by atoms with Gasteiger partial charge in [-0.1, -0.05) is 85.6 Å². The minimum atomic E-state index is -4.28. The molecule has 0 unspecified atom stereocenters. The maximum absolute atomic E-state index is 14.6. The summed E-state index contributed by atoms with van der Waals surface area (Å²) >= 11 is 6.17. The highest BCUT2D eigenvalue weighted by atomic mass is 35.5. The molecule has 0 aliphatic rings. The number of anilines is 1. The van der Waals surface area contributed by atoms with E-state index < -0.39 is 28.5 Å². The Labute approximate surface area is 288 Å². The molecule has 0 radical (unpaired) electrons. The van der Waals surface area contributed by atoms with Crippen LogP contribution in [-0.2, 0) is 32.6 Å². The summed E-state index contributed by atoms with van der Waals surface area (Å²) in [7, 11) is -1.35. The molecule has 254 valence electrons. The first kappa shape index (κ1) is 36.3. The molecule has 4 aromatic carbocycles. The number of ether oxygens (including phenoxy) is 2. The van der Waals surface area contributed by atoms with Crippen molar-refractivity contribution in [1.29, 1.82) is 0 Å². The van der Waals surface area contributed by atoms with Crippen LogP contribution in [0.15, 0.2) is 102 Å². The van der Waals surface area contributed by atoms with Crippen molar-refractivity contribution in [2.45, 2.75) is 44.7 Å². The number of halogens is 1. The molecular formula is C37H42ClN3O6S. The molecule has 4 aromatic rings. The molecule has 0 saturated heterocycles. The van der Waals surface area contributed by atoms with Gasteiger partial charge in [0.1, 0.15) is 12.6 Å². The van der Waals surface area contributed by atoms with Crippen LogP contribution in [0.3, 0.4) is 0 Å². The van der Waals surface area contributed by atoms with Crippen LogP contribution in [0.2, 0.25) is 5.02 Å². The van der Waals surface area contributed by atoms with Gasteiger partial charge in [-0.15, -0.1) is 0 Å². The Morgan fingerprint density at radius 3 is 2.08 bits per heavy atom. The molecule has 11 heteroatoms. The van der Waals surface area contributed by atoms with E-state index >= 15 is 0 Å². The van der Waals surface area contributed by atoms with E-state index in [1.807, 2.05) is 51.1 Å². The summed E-state index contributed by atoms with van der Waals surface area (Å²) in [6.07, 6.45) is 0.213. The molecule has 1 N–H and O–H groups in total. The van der Waals surface area contributed by atoms with Crippen molar-refractivity contribution in [3.05, 3.63) is 119 Å². The summed E-state index contributed by atoms with van der Waals surface area (Å²) in [6.45, 7) is 5.68. The van der Waals surface area contributed by atoms with Crippen molar-refractivity contribution in [3.63, 3.8) is 0 Å². The summed E-state index contributed by atoms with van der Waals surface area (Å²) in [5.41, 5.74) is 2.64. The Kier molecular flexibility index (Phi) is 12.5. The molecule has 0 aromatic heterocycles. The lowest BCUT2D eigenvalue weighted by Gasteiger charge is -2.34. The average molecular weight is 692 g/mol. The molecule has 0 heterocycles. The quantitative estimate of drug-likeness (QED) is 0.158. The maximum atomic E-state index is 14.6. The molecule has 0 aliphatic heterocycles. The van der Waals surface area contributed by atoms with Crippen LogP contribution < -0.4 is 19.1 Å². The fraction of sp³-hybridized carbons (Fsp3) is 0.297. The van der Waals surface area contributed by atoms with E-state index in [4.69, 9.17) is 21.1 Å². The minimum absolute atomic E-state index is 0.00967. The highest BCUT2D eigenvalue weighted by Gasteiger charge is 2.35. The second kappa shape index (κ2) is 16.5. The zero-order valence-electron chi connectivity index (χ0n) is 27.9. The molecule has 0 saturated carbocycles. The maximum Gasteiger partial charge on any atom is 0.264 e. The first-order valence-electron chi connectivity index (χ1n) is 15.6. The summed E-state index contributed by atoms with van der Waals surface area (Å²) in [4.78, 5) is 30.0. The number of nitrogens with zero attached hydrogens (tertiary/aromatic N) is 2. The van der Waals surface area contributed by atoms with Gasteiger partial charge in [0.05, 0.1) is 24.8 Å². The number of methoxy groups -OCH3 is 2. The van der Waals surface area contributed by atoms with E-state index in [0.29, 0.717) is 23.1 Å². The fourth-order valence-corrected chi connectivity index (χ4v) is 6.64. The van der Waals surface area contributed by atoms with Gasteiger partial charge in [0.15, 0.2) is 11.5 Å². The summed E-state index contributed by atoms with van der Waals surface area (Å²) in [6, 6.07) is 26.5. The van der Waals surface area contributed by atoms with Crippen molar-refractivity contribution in [3.8, 4) is 11.5 Å². The molecule has 0 spiro atoms. The lowest BCUT2D eigenvalue weighted by atomic mass is 10.0. The number of amides is 2. The highest BCUT2D eigenvalue weighted by molar-refractivity contribution is 7.92. The van der Waals surface area contributed by atoms with E-state index in [2.05, 4.69) is 5.32 Å². The standard InChI is InChI=1S/C37H42ClN3O6S/c1-26(2)23-39-37(43)33(21-28-9-7-6-8-10-28)40(24-29-13-15-30(38)16-14-29)36(42)25-41(31-17-20-34(46-4)35(22-31)47-5)48(44,45)32-18-11-27(3)12-19-32/h6-20,22,26,33H,21,23-25H2,1-5H3,(H,39,43)/t33-/m1/s1. The summed E-state index contributed by atoms with van der Waals surface area (Å²) < 4.78 is 40.5. The second-order valence-electron chi connectivity index (χ2n) is 11.9. The van der Waals surface area contributed by atoms with Gasteiger partial charge in [-0.3, -0.25) is 13.9 Å². The van der Waals surface area contributed by atoms with Crippen molar-refractivity contribution in [2.24, 2.45) is 5.92 Å². The van der Waals surface area contributed by atoms with Crippen LogP contribution in [0.4, 0.5) is 5.69 Å². The third-order valence-electron chi connectivity index (χ3n) is 7.76. The van der Waals surface area contributed by atoms with E-state index in [9.17, 15) is 18.0 Å². The Hall–Kier alpha value is -4.54. The molecule has 0 aliphatic carbocycles. The Balaban J connectivity index is 1.83. The van der Waals surface area contributed by atoms with Gasteiger partial charge in [0.2, 0.25) is 11.8 Å². The normalized spacial score (nSPS) is 11.9. The number of aryl methyl sites for hydroxylation is 1. The van der Waals surface area contributed by atoms with Crippen LogP contribution in [0.1, 0.15) is 30.5 Å². The Morgan fingerprint density at radius 1 is 0.833 bits per heavy atom. The minimum Gasteiger partial charge on any atom is -0.493 e. The van der Waals surface area contributed by atoms with Gasteiger partial charge in [0, 0.05) is 30.6 Å². The first-order valence-corrected chi connectivity index (χ1v) is 17.4. The van der Waals surface area contributed by atoms with E-state index in [-0.39, 0.29) is 35.4 Å². The fourth-order valence-electron chi connectivity index (χ4n) is 5.11. The average Bonchev–Trinajstić information content (AvgIpc) is 3.08. The number of nitrogens with one attached hydrogen (secondary N) is 1. The van der Waals surface area contributed by atoms with Gasteiger partial charge in [-0.2, -0.15) is 0 Å². The lowest BCUT2D eigenvalue weighted by Crippen LogP contribution is -2.53. The third kappa shape index (κ3) is 9.29. The zero-order chi connectivity index (χ0) is 34.8. The number of benzene rings is 4. The van der Waals surface area contributed by atoms with Crippen LogP contribution in [0, 0.1) is 12.8 Å². The van der Waals surface area contributed by atoms with Gasteiger partial charge < -0.3 is 19.7 Å². The van der Waals surface area contributed by atoms with Gasteiger partial charge >= 0.3 is 0 Å². The van der Waals surface area contributed by atoms with E-state index in [1.54, 1.807) is 48.5 Å². The third-order valence-corrected chi connectivity index (χ3v) is 9.80. The first-order chi connectivity index (χ1) is 22.9. The van der Waals surface area contributed by atoms with Crippen LogP contribution in [-0.4, -0.2) is 58.5 Å². The molecule has 0 fully saturated rings. The molecule has 2 amide bonds. The predicted molar refractivity (Wildman–Crippen MR) is 189 cm³/mol. The molecular weight excluding hydrogens is 650 g/mol. The topological polar surface area (TPSA) is 105 Å². The smallest absolute Gasteiger partial charge is 0.264 e. The number of sulfonamides is 1. The zero-order valence-corrected chi connectivity index (χ0v) is 29.4. The second-order valence-corrected chi connectivity index (χ2v) is 14.2. The number of carbonyl (C=O) groups excluding carboxylic acids is 2. The molecule has 1 atom stereocenters. The molecule has 0 bridgehead atoms. The van der Waals surface area contributed by atoms with Gasteiger partial charge in [0.25, 0.3) is 10.0 Å². The predicted octanol–water partition coefficient (Wildman–Crippen LogP) is 6.27. The summed E-state index contributed by atoms with van der Waals surface area (Å²) in [5.74, 6) is -0.0501.